The van der Waals surface area contributed by atoms with Crippen LogP contribution in [0, 0.1) is 0 Å². The second-order valence-corrected chi connectivity index (χ2v) is 4.83. The van der Waals surface area contributed by atoms with Crippen LogP contribution in [-0.4, -0.2) is 25.1 Å². The summed E-state index contributed by atoms with van der Waals surface area (Å²) in [5.74, 6) is 0.936. The number of hydrogen-bond donors (Lipinski definition) is 2. The molecule has 1 aromatic carbocycles. The molecule has 4 heteroatoms. The van der Waals surface area contributed by atoms with Gasteiger partial charge in [0.05, 0.1) is 6.10 Å². The monoisotopic (exact) mass is 264 g/mol. The number of rotatable bonds is 8. The molecule has 2 N–H and O–H groups in total. The van der Waals surface area contributed by atoms with Crippen LogP contribution in [0.3, 0.4) is 0 Å². The summed E-state index contributed by atoms with van der Waals surface area (Å²) in [4.78, 5) is 10.7. The van der Waals surface area contributed by atoms with Crippen LogP contribution in [0.4, 0.5) is 0 Å². The first-order valence-corrected chi connectivity index (χ1v) is 6.78. The van der Waals surface area contributed by atoms with E-state index < -0.39 is 0 Å². The molecule has 106 valence electrons. The Labute approximate surface area is 115 Å². The van der Waals surface area contributed by atoms with Crippen LogP contribution in [0.1, 0.15) is 32.8 Å². The Kier molecular flexibility index (Phi) is 6.97. The molecule has 0 heterocycles. The van der Waals surface area contributed by atoms with E-state index in [1.807, 2.05) is 26.0 Å². The lowest BCUT2D eigenvalue weighted by atomic mass is 10.2. The smallest absolute Gasteiger partial charge is 0.216 e. The SMILES string of the molecule is CC(=O)NCCCNCc1cccc(OC(C)C)c1. The molecule has 1 amide bonds. The maximum Gasteiger partial charge on any atom is 0.216 e. The molecule has 1 aromatic rings. The van der Waals surface area contributed by atoms with Crippen LogP contribution in [0.15, 0.2) is 24.3 Å². The Hall–Kier alpha value is -1.55. The predicted octanol–water partition coefficient (Wildman–Crippen LogP) is 2.09. The number of carbonyl (C=O) groups excluding carboxylic acids is 1. The first kappa shape index (κ1) is 15.5. The second-order valence-electron chi connectivity index (χ2n) is 4.83. The van der Waals surface area contributed by atoms with Gasteiger partial charge in [-0.15, -0.1) is 0 Å². The highest BCUT2D eigenvalue weighted by atomic mass is 16.5. The van der Waals surface area contributed by atoms with Crippen molar-refractivity contribution in [3.63, 3.8) is 0 Å². The second kappa shape index (κ2) is 8.53. The molecule has 0 aliphatic rings. The van der Waals surface area contributed by atoms with E-state index >= 15 is 0 Å². The summed E-state index contributed by atoms with van der Waals surface area (Å²) < 4.78 is 5.65. The molecule has 0 unspecified atom stereocenters. The number of nitrogens with one attached hydrogen (secondary N) is 2. The van der Waals surface area contributed by atoms with Gasteiger partial charge in [0.2, 0.25) is 5.91 Å². The largest absolute Gasteiger partial charge is 0.491 e. The van der Waals surface area contributed by atoms with Crippen molar-refractivity contribution < 1.29 is 9.53 Å². The molecule has 19 heavy (non-hydrogen) atoms. The molecule has 0 bridgehead atoms. The minimum Gasteiger partial charge on any atom is -0.491 e. The summed E-state index contributed by atoms with van der Waals surface area (Å²) in [5.41, 5.74) is 1.21. The molecule has 0 aromatic heterocycles. The minimum absolute atomic E-state index is 0.0264. The van der Waals surface area contributed by atoms with Crippen LogP contribution in [0.5, 0.6) is 5.75 Å². The molecular weight excluding hydrogens is 240 g/mol. The molecule has 0 aliphatic carbocycles. The van der Waals surface area contributed by atoms with Gasteiger partial charge < -0.3 is 15.4 Å². The van der Waals surface area contributed by atoms with Gasteiger partial charge in [0.15, 0.2) is 0 Å². The lowest BCUT2D eigenvalue weighted by molar-refractivity contribution is -0.118. The van der Waals surface area contributed by atoms with Gasteiger partial charge in [-0.2, -0.15) is 0 Å². The Bertz CT molecular complexity index is 391. The van der Waals surface area contributed by atoms with Gasteiger partial charge >= 0.3 is 0 Å². The molecule has 0 spiro atoms. The van der Waals surface area contributed by atoms with E-state index in [2.05, 4.69) is 22.8 Å². The van der Waals surface area contributed by atoms with E-state index in [1.165, 1.54) is 12.5 Å². The van der Waals surface area contributed by atoms with E-state index in [9.17, 15) is 4.79 Å². The normalized spacial score (nSPS) is 10.5. The van der Waals surface area contributed by atoms with Crippen molar-refractivity contribution >= 4 is 5.91 Å². The summed E-state index contributed by atoms with van der Waals surface area (Å²) in [6, 6.07) is 8.11. The van der Waals surface area contributed by atoms with Crippen LogP contribution in [0.2, 0.25) is 0 Å². The first-order valence-electron chi connectivity index (χ1n) is 6.78. The molecular formula is C15H24N2O2. The van der Waals surface area contributed by atoms with Gasteiger partial charge in [-0.05, 0) is 44.5 Å². The lowest BCUT2D eigenvalue weighted by Crippen LogP contribution is -2.24. The minimum atomic E-state index is 0.0264. The number of carbonyl (C=O) groups is 1. The average Bonchev–Trinajstić information content (AvgIpc) is 2.33. The molecule has 1 rings (SSSR count). The van der Waals surface area contributed by atoms with E-state index in [1.54, 1.807) is 0 Å². The van der Waals surface area contributed by atoms with Crippen molar-refractivity contribution in [1.82, 2.24) is 10.6 Å². The van der Waals surface area contributed by atoms with Gasteiger partial charge in [0.1, 0.15) is 5.75 Å². The molecule has 4 nitrogen and oxygen atoms in total. The quantitative estimate of drug-likeness (QED) is 0.707. The first-order chi connectivity index (χ1) is 9.08. The highest BCUT2D eigenvalue weighted by Crippen LogP contribution is 2.14. The van der Waals surface area contributed by atoms with Crippen LogP contribution < -0.4 is 15.4 Å². The van der Waals surface area contributed by atoms with E-state index in [0.29, 0.717) is 0 Å². The molecule has 0 saturated carbocycles. The van der Waals surface area contributed by atoms with Gasteiger partial charge in [-0.3, -0.25) is 4.79 Å². The van der Waals surface area contributed by atoms with Gasteiger partial charge in [0, 0.05) is 20.0 Å². The summed E-state index contributed by atoms with van der Waals surface area (Å²) in [6.45, 7) is 8.00. The van der Waals surface area contributed by atoms with Gasteiger partial charge in [0.25, 0.3) is 0 Å². The fraction of sp³-hybridized carbons (Fsp3) is 0.533. The Morgan fingerprint density at radius 3 is 2.79 bits per heavy atom. The molecule has 0 aliphatic heterocycles. The van der Waals surface area contributed by atoms with E-state index in [0.717, 1.165) is 31.8 Å². The highest BCUT2D eigenvalue weighted by molar-refractivity contribution is 5.72. The fourth-order valence-electron chi connectivity index (χ4n) is 1.71. The summed E-state index contributed by atoms with van der Waals surface area (Å²) in [5, 5.41) is 6.13. The molecule has 0 fully saturated rings. The lowest BCUT2D eigenvalue weighted by Gasteiger charge is -2.11. The zero-order valence-corrected chi connectivity index (χ0v) is 12.0. The Morgan fingerprint density at radius 2 is 2.11 bits per heavy atom. The zero-order chi connectivity index (χ0) is 14.1. The van der Waals surface area contributed by atoms with Crippen LogP contribution >= 0.6 is 0 Å². The zero-order valence-electron chi connectivity index (χ0n) is 12.0. The third-order valence-corrected chi connectivity index (χ3v) is 2.50. The fourth-order valence-corrected chi connectivity index (χ4v) is 1.71. The van der Waals surface area contributed by atoms with Crippen molar-refractivity contribution in [2.75, 3.05) is 13.1 Å². The standard InChI is InChI=1S/C15H24N2O2/c1-12(2)19-15-7-4-6-14(10-15)11-16-8-5-9-17-13(3)18/h4,6-7,10,12,16H,5,8-9,11H2,1-3H3,(H,17,18). The third kappa shape index (κ3) is 7.47. The maximum atomic E-state index is 10.7. The Morgan fingerprint density at radius 1 is 1.32 bits per heavy atom. The van der Waals surface area contributed by atoms with Crippen molar-refractivity contribution in [2.45, 2.75) is 39.8 Å². The summed E-state index contributed by atoms with van der Waals surface area (Å²) in [7, 11) is 0. The number of benzene rings is 1. The molecule has 0 radical (unpaired) electrons. The van der Waals surface area contributed by atoms with Gasteiger partial charge in [-0.1, -0.05) is 12.1 Å². The third-order valence-electron chi connectivity index (χ3n) is 2.50. The number of ether oxygens (including phenoxy) is 1. The Balaban J connectivity index is 2.23. The van der Waals surface area contributed by atoms with Crippen LogP contribution in [-0.2, 0) is 11.3 Å². The predicted molar refractivity (Wildman–Crippen MR) is 77.2 cm³/mol. The van der Waals surface area contributed by atoms with Gasteiger partial charge in [-0.25, -0.2) is 0 Å². The van der Waals surface area contributed by atoms with Crippen LogP contribution in [0.25, 0.3) is 0 Å². The molecule has 0 atom stereocenters. The van der Waals surface area contributed by atoms with E-state index in [-0.39, 0.29) is 12.0 Å². The maximum absolute atomic E-state index is 10.7. The summed E-state index contributed by atoms with van der Waals surface area (Å²) >= 11 is 0. The number of hydrogen-bond acceptors (Lipinski definition) is 3. The number of amides is 1. The highest BCUT2D eigenvalue weighted by Gasteiger charge is 1.99. The van der Waals surface area contributed by atoms with Crippen molar-refractivity contribution in [1.29, 1.82) is 0 Å². The topological polar surface area (TPSA) is 50.4 Å². The van der Waals surface area contributed by atoms with E-state index in [4.69, 9.17) is 4.74 Å². The summed E-state index contributed by atoms with van der Waals surface area (Å²) in [6.07, 6.45) is 1.13. The molecule has 0 saturated heterocycles. The van der Waals surface area contributed by atoms with Crippen molar-refractivity contribution in [2.24, 2.45) is 0 Å². The van der Waals surface area contributed by atoms with Crippen molar-refractivity contribution in [3.8, 4) is 5.75 Å². The average molecular weight is 264 g/mol. The van der Waals surface area contributed by atoms with Crippen molar-refractivity contribution in [3.05, 3.63) is 29.8 Å².